The summed E-state index contributed by atoms with van der Waals surface area (Å²) in [5, 5.41) is 0.445. The smallest absolute Gasteiger partial charge is 0.130 e. The summed E-state index contributed by atoms with van der Waals surface area (Å²) < 4.78 is 19.7. The maximum atomic E-state index is 13.2. The third-order valence-corrected chi connectivity index (χ3v) is 3.68. The molecular formula is C14H10BrClFNOS. The van der Waals surface area contributed by atoms with Gasteiger partial charge in [0.15, 0.2) is 0 Å². The highest BCUT2D eigenvalue weighted by atomic mass is 79.9. The van der Waals surface area contributed by atoms with Crippen LogP contribution in [-0.4, -0.2) is 4.99 Å². The van der Waals surface area contributed by atoms with Crippen molar-refractivity contribution >= 4 is 44.7 Å². The molecular weight excluding hydrogens is 365 g/mol. The summed E-state index contributed by atoms with van der Waals surface area (Å²) in [6, 6.07) is 9.44. The minimum atomic E-state index is -0.363. The molecule has 0 radical (unpaired) electrons. The van der Waals surface area contributed by atoms with E-state index in [-0.39, 0.29) is 17.4 Å². The predicted molar refractivity (Wildman–Crippen MR) is 85.8 cm³/mol. The van der Waals surface area contributed by atoms with Gasteiger partial charge >= 0.3 is 0 Å². The van der Waals surface area contributed by atoms with Crippen LogP contribution in [0, 0.1) is 5.82 Å². The zero-order valence-electron chi connectivity index (χ0n) is 10.2. The number of benzene rings is 2. The van der Waals surface area contributed by atoms with Crippen LogP contribution in [0.2, 0.25) is 5.02 Å². The largest absolute Gasteiger partial charge is 0.488 e. The van der Waals surface area contributed by atoms with Gasteiger partial charge in [-0.05, 0) is 36.4 Å². The molecule has 104 valence electrons. The molecule has 0 aromatic heterocycles. The molecule has 2 aromatic carbocycles. The van der Waals surface area contributed by atoms with Crippen molar-refractivity contribution in [2.75, 3.05) is 0 Å². The molecule has 0 aliphatic heterocycles. The third kappa shape index (κ3) is 3.69. The normalized spacial score (nSPS) is 10.3. The van der Waals surface area contributed by atoms with E-state index in [1.165, 1.54) is 18.2 Å². The van der Waals surface area contributed by atoms with Gasteiger partial charge in [0, 0.05) is 15.1 Å². The molecule has 0 spiro atoms. The molecule has 2 aromatic rings. The molecule has 0 bridgehead atoms. The lowest BCUT2D eigenvalue weighted by Crippen LogP contribution is -2.12. The molecule has 2 N–H and O–H groups in total. The first kappa shape index (κ1) is 15.2. The van der Waals surface area contributed by atoms with E-state index in [1.807, 2.05) is 6.07 Å². The Morgan fingerprint density at radius 2 is 2.05 bits per heavy atom. The van der Waals surface area contributed by atoms with Gasteiger partial charge in [0.05, 0.1) is 5.56 Å². The van der Waals surface area contributed by atoms with Gasteiger partial charge in [0.2, 0.25) is 0 Å². The number of rotatable bonds is 4. The van der Waals surface area contributed by atoms with Crippen molar-refractivity contribution in [3.8, 4) is 5.75 Å². The summed E-state index contributed by atoms with van der Waals surface area (Å²) >= 11 is 14.3. The molecule has 0 saturated carbocycles. The summed E-state index contributed by atoms with van der Waals surface area (Å²) in [6.07, 6.45) is 0. The van der Waals surface area contributed by atoms with Crippen LogP contribution in [0.3, 0.4) is 0 Å². The van der Waals surface area contributed by atoms with Crippen molar-refractivity contribution in [3.63, 3.8) is 0 Å². The molecule has 0 fully saturated rings. The number of ether oxygens (including phenoxy) is 1. The van der Waals surface area contributed by atoms with E-state index in [1.54, 1.807) is 12.1 Å². The van der Waals surface area contributed by atoms with Crippen LogP contribution in [0.15, 0.2) is 40.9 Å². The Morgan fingerprint density at radius 1 is 1.30 bits per heavy atom. The van der Waals surface area contributed by atoms with Crippen molar-refractivity contribution < 1.29 is 9.13 Å². The molecule has 20 heavy (non-hydrogen) atoms. The third-order valence-electron chi connectivity index (χ3n) is 2.60. The van der Waals surface area contributed by atoms with E-state index in [2.05, 4.69) is 15.9 Å². The molecule has 0 unspecified atom stereocenters. The van der Waals surface area contributed by atoms with E-state index >= 15 is 0 Å². The minimum absolute atomic E-state index is 0.133. The highest BCUT2D eigenvalue weighted by Crippen LogP contribution is 2.25. The van der Waals surface area contributed by atoms with Crippen molar-refractivity contribution in [3.05, 3.63) is 62.8 Å². The lowest BCUT2D eigenvalue weighted by Gasteiger charge is -2.12. The Morgan fingerprint density at radius 3 is 2.75 bits per heavy atom. The summed E-state index contributed by atoms with van der Waals surface area (Å²) in [5.41, 5.74) is 6.82. The van der Waals surface area contributed by atoms with Crippen LogP contribution in [0.4, 0.5) is 4.39 Å². The lowest BCUT2D eigenvalue weighted by atomic mass is 10.2. The van der Waals surface area contributed by atoms with E-state index in [0.29, 0.717) is 21.9 Å². The van der Waals surface area contributed by atoms with E-state index in [9.17, 15) is 4.39 Å². The molecule has 2 rings (SSSR count). The van der Waals surface area contributed by atoms with Crippen LogP contribution < -0.4 is 10.5 Å². The quantitative estimate of drug-likeness (QED) is 0.803. The Hall–Kier alpha value is -1.17. The fourth-order valence-corrected chi connectivity index (χ4v) is 2.32. The second kappa shape index (κ2) is 6.52. The first-order valence-corrected chi connectivity index (χ1v) is 7.21. The molecule has 6 heteroatoms. The Kier molecular flexibility index (Phi) is 4.96. The maximum Gasteiger partial charge on any atom is 0.130 e. The van der Waals surface area contributed by atoms with Gasteiger partial charge in [-0.2, -0.15) is 0 Å². The molecule has 0 amide bonds. The van der Waals surface area contributed by atoms with Gasteiger partial charge in [0.1, 0.15) is 23.2 Å². The SMILES string of the molecule is NC(=S)c1cc(Br)ccc1OCc1cc(F)ccc1Cl. The number of hydrogen-bond donors (Lipinski definition) is 1. The Bertz CT molecular complexity index is 666. The lowest BCUT2D eigenvalue weighted by molar-refractivity contribution is 0.305. The van der Waals surface area contributed by atoms with Crippen molar-refractivity contribution in [1.29, 1.82) is 0 Å². The number of thiocarbonyl (C=S) groups is 1. The van der Waals surface area contributed by atoms with Crippen LogP contribution in [-0.2, 0) is 6.61 Å². The highest BCUT2D eigenvalue weighted by molar-refractivity contribution is 9.10. The van der Waals surface area contributed by atoms with E-state index < -0.39 is 0 Å². The summed E-state index contributed by atoms with van der Waals surface area (Å²) in [4.78, 5) is 0.228. The van der Waals surface area contributed by atoms with Crippen LogP contribution >= 0.6 is 39.7 Å². The second-order valence-corrected chi connectivity index (χ2v) is 5.79. The summed E-state index contributed by atoms with van der Waals surface area (Å²) in [6.45, 7) is 0.133. The fourth-order valence-electron chi connectivity index (χ4n) is 1.63. The highest BCUT2D eigenvalue weighted by Gasteiger charge is 2.09. The minimum Gasteiger partial charge on any atom is -0.488 e. The van der Waals surface area contributed by atoms with Crippen molar-refractivity contribution in [2.45, 2.75) is 6.61 Å². The number of nitrogens with two attached hydrogens (primary N) is 1. The maximum absolute atomic E-state index is 13.2. The standard InChI is InChI=1S/C14H10BrClFNOS/c15-9-1-4-13(11(6-9)14(18)20)19-7-8-5-10(17)2-3-12(8)16/h1-6H,7H2,(H2,18,20). The van der Waals surface area contributed by atoms with Crippen molar-refractivity contribution in [2.24, 2.45) is 5.73 Å². The predicted octanol–water partition coefficient (Wildman–Crippen LogP) is 4.45. The zero-order valence-corrected chi connectivity index (χ0v) is 13.4. The Balaban J connectivity index is 2.23. The fraction of sp³-hybridized carbons (Fsp3) is 0.0714. The summed E-state index contributed by atoms with van der Waals surface area (Å²) in [5.74, 6) is 0.166. The van der Waals surface area contributed by atoms with Gasteiger partial charge in [-0.25, -0.2) is 4.39 Å². The average Bonchev–Trinajstić information content (AvgIpc) is 2.40. The van der Waals surface area contributed by atoms with Crippen LogP contribution in [0.1, 0.15) is 11.1 Å². The van der Waals surface area contributed by atoms with Gasteiger partial charge in [0.25, 0.3) is 0 Å². The van der Waals surface area contributed by atoms with Gasteiger partial charge < -0.3 is 10.5 Å². The Labute approximate surface area is 134 Å². The second-order valence-electron chi connectivity index (χ2n) is 4.03. The van der Waals surface area contributed by atoms with E-state index in [4.69, 9.17) is 34.3 Å². The summed E-state index contributed by atoms with van der Waals surface area (Å²) in [7, 11) is 0. The average molecular weight is 375 g/mol. The van der Waals surface area contributed by atoms with Gasteiger partial charge in [-0.3, -0.25) is 0 Å². The number of hydrogen-bond acceptors (Lipinski definition) is 2. The molecule has 0 saturated heterocycles. The monoisotopic (exact) mass is 373 g/mol. The first-order valence-electron chi connectivity index (χ1n) is 5.63. The molecule has 2 nitrogen and oxygen atoms in total. The first-order chi connectivity index (χ1) is 9.47. The van der Waals surface area contributed by atoms with Crippen molar-refractivity contribution in [1.82, 2.24) is 0 Å². The molecule has 0 aliphatic carbocycles. The topological polar surface area (TPSA) is 35.2 Å². The molecule has 0 atom stereocenters. The molecule has 0 heterocycles. The van der Waals surface area contributed by atoms with Gasteiger partial charge in [-0.1, -0.05) is 39.7 Å². The zero-order chi connectivity index (χ0) is 14.7. The van der Waals surface area contributed by atoms with Crippen LogP contribution in [0.5, 0.6) is 5.75 Å². The van der Waals surface area contributed by atoms with Crippen LogP contribution in [0.25, 0.3) is 0 Å². The number of halogens is 3. The molecule has 0 aliphatic rings. The van der Waals surface area contributed by atoms with Gasteiger partial charge in [-0.15, -0.1) is 0 Å². The van der Waals surface area contributed by atoms with E-state index in [0.717, 1.165) is 4.47 Å².